The summed E-state index contributed by atoms with van der Waals surface area (Å²) in [6.07, 6.45) is 0. The van der Waals surface area contributed by atoms with Crippen molar-refractivity contribution >= 4 is 28.9 Å². The number of halogens is 1. The van der Waals surface area contributed by atoms with Gasteiger partial charge in [0.2, 0.25) is 0 Å². The van der Waals surface area contributed by atoms with E-state index >= 15 is 0 Å². The van der Waals surface area contributed by atoms with Crippen LogP contribution in [0.2, 0.25) is 5.02 Å². The lowest BCUT2D eigenvalue weighted by Crippen LogP contribution is -2.49. The number of hydrogen-bond donors (Lipinski definition) is 2. The van der Waals surface area contributed by atoms with Crippen molar-refractivity contribution in [1.29, 1.82) is 0 Å². The van der Waals surface area contributed by atoms with Gasteiger partial charge in [0, 0.05) is 37.7 Å². The first-order valence-corrected chi connectivity index (χ1v) is 8.92. The Labute approximate surface area is 158 Å². The van der Waals surface area contributed by atoms with Crippen molar-refractivity contribution in [2.75, 3.05) is 44.3 Å². The Morgan fingerprint density at radius 2 is 1.73 bits per heavy atom. The predicted molar refractivity (Wildman–Crippen MR) is 104 cm³/mol. The van der Waals surface area contributed by atoms with Crippen molar-refractivity contribution in [3.05, 3.63) is 53.1 Å². The molecular formula is C19H23ClN4O2. The minimum atomic E-state index is -0.0435. The van der Waals surface area contributed by atoms with Crippen LogP contribution in [0.3, 0.4) is 0 Å². The van der Waals surface area contributed by atoms with E-state index in [-0.39, 0.29) is 12.5 Å². The first-order chi connectivity index (χ1) is 12.5. The molecule has 0 unspecified atom stereocenters. The third-order valence-electron chi connectivity index (χ3n) is 4.50. The summed E-state index contributed by atoms with van der Waals surface area (Å²) in [6.45, 7) is 3.84. The fourth-order valence-corrected chi connectivity index (χ4v) is 3.05. The monoisotopic (exact) mass is 374 g/mol. The highest BCUT2D eigenvalue weighted by Gasteiger charge is 2.21. The minimum absolute atomic E-state index is 0.0369. The molecule has 2 aromatic rings. The minimum Gasteiger partial charge on any atom is -0.482 e. The predicted octanol–water partition coefficient (Wildman–Crippen LogP) is 2.23. The number of carbonyl (C=O) groups is 1. The highest BCUT2D eigenvalue weighted by molar-refractivity contribution is 6.30. The van der Waals surface area contributed by atoms with Gasteiger partial charge in [0.25, 0.3) is 5.91 Å². The van der Waals surface area contributed by atoms with Gasteiger partial charge >= 0.3 is 0 Å². The van der Waals surface area contributed by atoms with Gasteiger partial charge in [-0.3, -0.25) is 9.69 Å². The molecule has 26 heavy (non-hydrogen) atoms. The van der Waals surface area contributed by atoms with Crippen molar-refractivity contribution in [2.24, 2.45) is 0 Å². The number of anilines is 2. The summed E-state index contributed by atoms with van der Waals surface area (Å²) in [6, 6.07) is 13.0. The van der Waals surface area contributed by atoms with Crippen LogP contribution in [0.5, 0.6) is 5.75 Å². The van der Waals surface area contributed by atoms with E-state index < -0.39 is 0 Å². The molecule has 6 nitrogen and oxygen atoms in total. The highest BCUT2D eigenvalue weighted by Crippen LogP contribution is 2.26. The van der Waals surface area contributed by atoms with Gasteiger partial charge in [0.1, 0.15) is 5.75 Å². The van der Waals surface area contributed by atoms with Gasteiger partial charge in [0.05, 0.1) is 11.4 Å². The summed E-state index contributed by atoms with van der Waals surface area (Å²) in [5, 5.41) is 0.741. The molecule has 0 saturated carbocycles. The van der Waals surface area contributed by atoms with Gasteiger partial charge in [-0.1, -0.05) is 29.8 Å². The zero-order valence-electron chi connectivity index (χ0n) is 14.5. The number of para-hydroxylation sites is 1. The molecule has 1 heterocycles. The van der Waals surface area contributed by atoms with Gasteiger partial charge < -0.3 is 21.1 Å². The number of rotatable bonds is 5. The van der Waals surface area contributed by atoms with E-state index in [1.165, 1.54) is 5.56 Å². The molecule has 1 fully saturated rings. The molecule has 0 radical (unpaired) electrons. The maximum absolute atomic E-state index is 12.4. The van der Waals surface area contributed by atoms with E-state index in [9.17, 15) is 4.79 Å². The number of benzene rings is 2. The number of carbonyl (C=O) groups excluding carboxylic acids is 1. The number of nitrogen functional groups attached to an aromatic ring is 2. The third-order valence-corrected chi connectivity index (χ3v) is 4.75. The summed E-state index contributed by atoms with van der Waals surface area (Å²) in [7, 11) is 0. The van der Waals surface area contributed by atoms with Crippen molar-refractivity contribution < 1.29 is 9.53 Å². The topological polar surface area (TPSA) is 84.8 Å². The summed E-state index contributed by atoms with van der Waals surface area (Å²) in [5.41, 5.74) is 13.6. The van der Waals surface area contributed by atoms with Crippen LogP contribution >= 0.6 is 11.6 Å². The lowest BCUT2D eigenvalue weighted by Gasteiger charge is -2.34. The second-order valence-corrected chi connectivity index (χ2v) is 6.77. The molecule has 0 aromatic heterocycles. The zero-order chi connectivity index (χ0) is 18.5. The van der Waals surface area contributed by atoms with Crippen molar-refractivity contribution in [1.82, 2.24) is 9.80 Å². The van der Waals surface area contributed by atoms with Crippen LogP contribution in [0.4, 0.5) is 11.4 Å². The van der Waals surface area contributed by atoms with Crippen LogP contribution in [0, 0.1) is 0 Å². The van der Waals surface area contributed by atoms with Crippen molar-refractivity contribution in [2.45, 2.75) is 6.54 Å². The summed E-state index contributed by atoms with van der Waals surface area (Å²) < 4.78 is 5.54. The Hall–Kier alpha value is -2.44. The van der Waals surface area contributed by atoms with Crippen LogP contribution in [0.15, 0.2) is 42.5 Å². The molecule has 0 spiro atoms. The third kappa shape index (κ3) is 4.59. The Balaban J connectivity index is 1.46. The lowest BCUT2D eigenvalue weighted by molar-refractivity contribution is -0.135. The van der Waals surface area contributed by atoms with Gasteiger partial charge in [-0.15, -0.1) is 0 Å². The fourth-order valence-electron chi connectivity index (χ4n) is 2.92. The largest absolute Gasteiger partial charge is 0.482 e. The molecule has 0 bridgehead atoms. The highest BCUT2D eigenvalue weighted by atomic mass is 35.5. The van der Waals surface area contributed by atoms with Crippen LogP contribution in [0.1, 0.15) is 5.56 Å². The molecule has 2 aromatic carbocycles. The Kier molecular flexibility index (Phi) is 5.85. The molecule has 1 aliphatic rings. The lowest BCUT2D eigenvalue weighted by atomic mass is 10.2. The van der Waals surface area contributed by atoms with Gasteiger partial charge in [0.15, 0.2) is 6.61 Å². The average molecular weight is 375 g/mol. The Morgan fingerprint density at radius 1 is 1.04 bits per heavy atom. The van der Waals surface area contributed by atoms with E-state index in [1.807, 2.05) is 29.2 Å². The molecule has 1 saturated heterocycles. The second kappa shape index (κ2) is 8.29. The number of nitrogens with two attached hydrogens (primary N) is 2. The normalized spacial score (nSPS) is 15.0. The summed E-state index contributed by atoms with van der Waals surface area (Å²) >= 11 is 5.92. The first kappa shape index (κ1) is 18.4. The second-order valence-electron chi connectivity index (χ2n) is 6.33. The summed E-state index contributed by atoms with van der Waals surface area (Å²) in [5.74, 6) is 0.401. The number of nitrogens with zero attached hydrogens (tertiary/aromatic N) is 2. The number of piperazine rings is 1. The zero-order valence-corrected chi connectivity index (χ0v) is 15.3. The standard InChI is InChI=1S/C19H23ClN4O2/c20-15-6-4-14(5-7-15)12-23-8-10-24(11-9-23)18(25)13-26-17-3-1-2-16(21)19(17)22/h1-7H,8-13,21-22H2. The maximum Gasteiger partial charge on any atom is 0.260 e. The van der Waals surface area contributed by atoms with Crippen LogP contribution < -0.4 is 16.2 Å². The summed E-state index contributed by atoms with van der Waals surface area (Å²) in [4.78, 5) is 16.5. The van der Waals surface area contributed by atoms with Crippen molar-refractivity contribution in [3.8, 4) is 5.75 Å². The molecule has 0 aliphatic carbocycles. The molecule has 7 heteroatoms. The van der Waals surface area contributed by atoms with Crippen LogP contribution in [-0.2, 0) is 11.3 Å². The first-order valence-electron chi connectivity index (χ1n) is 8.54. The van der Waals surface area contributed by atoms with E-state index in [4.69, 9.17) is 27.8 Å². The molecule has 4 N–H and O–H groups in total. The molecular weight excluding hydrogens is 352 g/mol. The molecule has 1 amide bonds. The number of amides is 1. The SMILES string of the molecule is Nc1cccc(OCC(=O)N2CCN(Cc3ccc(Cl)cc3)CC2)c1N. The van der Waals surface area contributed by atoms with Gasteiger partial charge in [-0.05, 0) is 29.8 Å². The Bertz CT molecular complexity index is 759. The molecule has 0 atom stereocenters. The Morgan fingerprint density at radius 3 is 2.42 bits per heavy atom. The van der Waals surface area contributed by atoms with Gasteiger partial charge in [-0.2, -0.15) is 0 Å². The van der Waals surface area contributed by atoms with E-state index in [1.54, 1.807) is 18.2 Å². The quantitative estimate of drug-likeness (QED) is 0.784. The van der Waals surface area contributed by atoms with E-state index in [0.29, 0.717) is 30.2 Å². The van der Waals surface area contributed by atoms with Crippen molar-refractivity contribution in [3.63, 3.8) is 0 Å². The smallest absolute Gasteiger partial charge is 0.260 e. The van der Waals surface area contributed by atoms with Crippen LogP contribution in [-0.4, -0.2) is 48.5 Å². The van der Waals surface area contributed by atoms with Gasteiger partial charge in [-0.25, -0.2) is 0 Å². The van der Waals surface area contributed by atoms with E-state index in [0.717, 1.165) is 24.7 Å². The van der Waals surface area contributed by atoms with E-state index in [2.05, 4.69) is 4.90 Å². The van der Waals surface area contributed by atoms with Crippen LogP contribution in [0.25, 0.3) is 0 Å². The number of ether oxygens (including phenoxy) is 1. The number of hydrogen-bond acceptors (Lipinski definition) is 5. The molecule has 138 valence electrons. The maximum atomic E-state index is 12.4. The average Bonchev–Trinajstić information content (AvgIpc) is 2.65. The fraction of sp³-hybridized carbons (Fsp3) is 0.316. The molecule has 3 rings (SSSR count). The molecule has 1 aliphatic heterocycles.